The van der Waals surface area contributed by atoms with Crippen molar-refractivity contribution in [3.63, 3.8) is 0 Å². The molecule has 84 valence electrons. The van der Waals surface area contributed by atoms with E-state index in [9.17, 15) is 29.7 Å². The van der Waals surface area contributed by atoms with Crippen LogP contribution in [0.5, 0.6) is 0 Å². The van der Waals surface area contributed by atoms with Crippen LogP contribution in [-0.4, -0.2) is 21.4 Å². The molecule has 0 bridgehead atoms. The van der Waals surface area contributed by atoms with Crippen LogP contribution in [0.3, 0.4) is 0 Å². The predicted octanol–water partition coefficient (Wildman–Crippen LogP) is -2.61. The van der Waals surface area contributed by atoms with E-state index in [1.165, 1.54) is 0 Å². The molecule has 0 fully saturated rings. The molecule has 1 rings (SSSR count). The first-order valence-corrected chi connectivity index (χ1v) is 6.11. The average molecular weight is 280 g/mol. The number of benzene rings is 1. The maximum atomic E-state index is 12.8. The Labute approximate surface area is 113 Å². The van der Waals surface area contributed by atoms with Crippen molar-refractivity contribution in [1.29, 1.82) is 0 Å². The van der Waals surface area contributed by atoms with E-state index in [0.29, 0.717) is 12.1 Å². The van der Waals surface area contributed by atoms with Crippen molar-refractivity contribution in [2.24, 2.45) is 0 Å². The van der Waals surface area contributed by atoms with Crippen molar-refractivity contribution < 1.29 is 59.2 Å². The zero-order valence-corrected chi connectivity index (χ0v) is 11.5. The molecular formula is C6H3F2NaO5S2. The molecule has 0 aromatic heterocycles. The van der Waals surface area contributed by atoms with Gasteiger partial charge in [-0.15, -0.1) is 3.89 Å². The second kappa shape index (κ2) is 5.07. The maximum Gasteiger partial charge on any atom is 1.00 e. The Morgan fingerprint density at radius 1 is 1.12 bits per heavy atom. The Bertz CT molecular complexity index is 595. The van der Waals surface area contributed by atoms with E-state index in [-0.39, 0.29) is 35.6 Å². The van der Waals surface area contributed by atoms with Crippen molar-refractivity contribution in [2.75, 3.05) is 0 Å². The quantitative estimate of drug-likeness (QED) is 0.336. The summed E-state index contributed by atoms with van der Waals surface area (Å²) in [5, 5.41) is 0. The number of halogens is 2. The van der Waals surface area contributed by atoms with Crippen LogP contribution in [-0.2, 0) is 20.3 Å². The molecule has 16 heavy (non-hydrogen) atoms. The van der Waals surface area contributed by atoms with Gasteiger partial charge in [-0.25, -0.2) is 12.8 Å². The molecule has 0 heterocycles. The van der Waals surface area contributed by atoms with Gasteiger partial charge in [0.25, 0.3) is 0 Å². The second-order valence-electron chi connectivity index (χ2n) is 2.48. The summed E-state index contributed by atoms with van der Waals surface area (Å²) in [4.78, 5) is -2.49. The molecule has 0 unspecified atom stereocenters. The Morgan fingerprint density at radius 3 is 2.00 bits per heavy atom. The van der Waals surface area contributed by atoms with Gasteiger partial charge in [0.15, 0.2) is 0 Å². The molecule has 0 saturated carbocycles. The molecule has 1 aromatic rings. The molecule has 0 N–H and O–H groups in total. The number of hydrogen-bond acceptors (Lipinski definition) is 5. The normalized spacial score (nSPS) is 11.9. The van der Waals surface area contributed by atoms with Gasteiger partial charge in [0, 0.05) is 0 Å². The van der Waals surface area contributed by atoms with Gasteiger partial charge in [-0.2, -0.15) is 8.42 Å². The van der Waals surface area contributed by atoms with Crippen LogP contribution < -0.4 is 29.6 Å². The third-order valence-electron chi connectivity index (χ3n) is 1.45. The van der Waals surface area contributed by atoms with E-state index in [4.69, 9.17) is 0 Å². The second-order valence-corrected chi connectivity index (χ2v) is 5.18. The van der Waals surface area contributed by atoms with Gasteiger partial charge in [-0.3, -0.25) is 0 Å². The number of hydrogen-bond donors (Lipinski definition) is 0. The molecule has 0 spiro atoms. The zero-order valence-electron chi connectivity index (χ0n) is 7.85. The summed E-state index contributed by atoms with van der Waals surface area (Å²) in [6.07, 6.45) is 0. The molecule has 0 amide bonds. The fraction of sp³-hybridized carbons (Fsp3) is 0. The predicted molar refractivity (Wildman–Crippen MR) is 42.7 cm³/mol. The van der Waals surface area contributed by atoms with Gasteiger partial charge in [-0.05, 0) is 18.2 Å². The van der Waals surface area contributed by atoms with Crippen LogP contribution in [0, 0.1) is 5.82 Å². The van der Waals surface area contributed by atoms with Crippen molar-refractivity contribution >= 4 is 20.3 Å². The van der Waals surface area contributed by atoms with Gasteiger partial charge in [0.2, 0.25) is 0 Å². The molecule has 0 radical (unpaired) electrons. The zero-order chi connectivity index (χ0) is 11.9. The summed E-state index contributed by atoms with van der Waals surface area (Å²) in [5.41, 5.74) is 0. The van der Waals surface area contributed by atoms with Crippen LogP contribution in [0.25, 0.3) is 0 Å². The summed E-state index contributed by atoms with van der Waals surface area (Å²) < 4.78 is 77.1. The molecule has 0 atom stereocenters. The van der Waals surface area contributed by atoms with Crippen molar-refractivity contribution in [3.8, 4) is 0 Å². The summed E-state index contributed by atoms with van der Waals surface area (Å²) >= 11 is 0. The van der Waals surface area contributed by atoms with Crippen molar-refractivity contribution in [2.45, 2.75) is 9.79 Å². The fourth-order valence-corrected chi connectivity index (χ4v) is 1.97. The van der Waals surface area contributed by atoms with E-state index in [0.717, 1.165) is 0 Å². The monoisotopic (exact) mass is 280 g/mol. The molecule has 0 aliphatic carbocycles. The Kier molecular flexibility index (Phi) is 5.05. The third-order valence-corrected chi connectivity index (χ3v) is 3.12. The topological polar surface area (TPSA) is 91.3 Å². The smallest absolute Gasteiger partial charge is 0.744 e. The Balaban J connectivity index is 0.00000225. The summed E-state index contributed by atoms with van der Waals surface area (Å²) in [6.45, 7) is 0. The fourth-order valence-electron chi connectivity index (χ4n) is 0.827. The van der Waals surface area contributed by atoms with Crippen LogP contribution in [0.4, 0.5) is 8.28 Å². The van der Waals surface area contributed by atoms with Crippen molar-refractivity contribution in [1.82, 2.24) is 0 Å². The van der Waals surface area contributed by atoms with Crippen LogP contribution in [0.15, 0.2) is 28.0 Å². The first-order valence-electron chi connectivity index (χ1n) is 3.32. The van der Waals surface area contributed by atoms with E-state index >= 15 is 0 Å². The molecule has 0 aliphatic heterocycles. The van der Waals surface area contributed by atoms with Crippen LogP contribution in [0.1, 0.15) is 0 Å². The molecule has 5 nitrogen and oxygen atoms in total. The minimum Gasteiger partial charge on any atom is -0.744 e. The summed E-state index contributed by atoms with van der Waals surface area (Å²) in [7, 11) is -10.3. The van der Waals surface area contributed by atoms with Gasteiger partial charge in [0.05, 0.1) is 9.79 Å². The minimum absolute atomic E-state index is 0. The first kappa shape index (κ1) is 15.9. The largest absolute Gasteiger partial charge is 1.00 e. The average Bonchev–Trinajstić information content (AvgIpc) is 2.00. The van der Waals surface area contributed by atoms with Gasteiger partial charge >= 0.3 is 39.8 Å². The van der Waals surface area contributed by atoms with E-state index < -0.39 is 35.9 Å². The SMILES string of the molecule is O=S(=O)([O-])c1cc(S(=O)(=O)F)ccc1F.[Na+]. The third kappa shape index (κ3) is 3.75. The maximum absolute atomic E-state index is 12.8. The van der Waals surface area contributed by atoms with Gasteiger partial charge in [-0.1, -0.05) is 0 Å². The first-order chi connectivity index (χ1) is 6.62. The molecule has 0 aliphatic rings. The minimum atomic E-state index is -5.17. The van der Waals surface area contributed by atoms with E-state index in [1.54, 1.807) is 0 Å². The molecule has 0 saturated heterocycles. The Morgan fingerprint density at radius 2 is 1.62 bits per heavy atom. The summed E-state index contributed by atoms with van der Waals surface area (Å²) in [6, 6.07) is 1.03. The Hall–Kier alpha value is -0.0600. The van der Waals surface area contributed by atoms with E-state index in [1.807, 2.05) is 0 Å². The van der Waals surface area contributed by atoms with Gasteiger partial charge < -0.3 is 4.55 Å². The number of rotatable bonds is 2. The summed E-state index contributed by atoms with van der Waals surface area (Å²) in [5.74, 6) is -1.43. The molecule has 1 aromatic carbocycles. The van der Waals surface area contributed by atoms with Crippen molar-refractivity contribution in [3.05, 3.63) is 24.0 Å². The molecule has 10 heteroatoms. The van der Waals surface area contributed by atoms with Crippen LogP contribution in [0.2, 0.25) is 0 Å². The van der Waals surface area contributed by atoms with E-state index in [2.05, 4.69) is 0 Å². The van der Waals surface area contributed by atoms with Crippen LogP contribution >= 0.6 is 0 Å². The molecular weight excluding hydrogens is 277 g/mol. The van der Waals surface area contributed by atoms with Gasteiger partial charge in [0.1, 0.15) is 15.9 Å². The standard InChI is InChI=1S/C6H4F2O5S2.Na/c7-5-2-1-4(14(8,9)10)3-6(5)15(11,12)13;/h1-3H,(H,11,12,13);/q;+1/p-1.